The predicted octanol–water partition coefficient (Wildman–Crippen LogP) is 4.84. The molecule has 0 aliphatic rings. The normalized spacial score (nSPS) is 10.2. The second-order valence-corrected chi connectivity index (χ2v) is 5.55. The van der Waals surface area contributed by atoms with Gasteiger partial charge in [-0.2, -0.15) is 0 Å². The molecular formula is C22H18O4. The molecule has 4 heteroatoms. The molecule has 0 aliphatic carbocycles. The lowest BCUT2D eigenvalue weighted by molar-refractivity contribution is 0.0735. The average molecular weight is 346 g/mol. The van der Waals surface area contributed by atoms with Crippen LogP contribution in [0.4, 0.5) is 0 Å². The maximum atomic E-state index is 12.6. The number of rotatable bonds is 6. The minimum Gasteiger partial charge on any atom is -0.508 e. The molecule has 0 amide bonds. The third-order valence-electron chi connectivity index (χ3n) is 3.73. The van der Waals surface area contributed by atoms with E-state index in [-0.39, 0.29) is 5.75 Å². The van der Waals surface area contributed by atoms with Crippen LogP contribution in [0.1, 0.15) is 10.4 Å². The zero-order chi connectivity index (χ0) is 18.4. The summed E-state index contributed by atoms with van der Waals surface area (Å²) in [5.41, 5.74) is 2.11. The van der Waals surface area contributed by atoms with Gasteiger partial charge < -0.3 is 14.6 Å². The number of carbonyl (C=O) groups excluding carboxylic acids is 1. The summed E-state index contributed by atoms with van der Waals surface area (Å²) in [7, 11) is 0. The van der Waals surface area contributed by atoms with Crippen LogP contribution in [0.25, 0.3) is 11.1 Å². The van der Waals surface area contributed by atoms with Crippen molar-refractivity contribution in [2.75, 3.05) is 6.61 Å². The highest BCUT2D eigenvalue weighted by molar-refractivity contribution is 5.98. The number of phenols is 1. The van der Waals surface area contributed by atoms with E-state index in [2.05, 4.69) is 6.58 Å². The summed E-state index contributed by atoms with van der Waals surface area (Å²) >= 11 is 0. The minimum atomic E-state index is -0.460. The standard InChI is InChI=1S/C22H18O4/c1-2-15-25-18-11-7-16(8-12-18)20-5-3-4-6-21(20)22(24)26-19-13-9-17(23)10-14-19/h2-14,23H,1,15H2. The maximum Gasteiger partial charge on any atom is 0.344 e. The van der Waals surface area contributed by atoms with Crippen molar-refractivity contribution in [3.8, 4) is 28.4 Å². The van der Waals surface area contributed by atoms with Gasteiger partial charge in [0.1, 0.15) is 23.9 Å². The Morgan fingerprint density at radius 2 is 1.58 bits per heavy atom. The van der Waals surface area contributed by atoms with Gasteiger partial charge in [-0.1, -0.05) is 43.0 Å². The van der Waals surface area contributed by atoms with E-state index in [9.17, 15) is 9.90 Å². The highest BCUT2D eigenvalue weighted by Crippen LogP contribution is 2.27. The molecule has 0 aromatic heterocycles. The topological polar surface area (TPSA) is 55.8 Å². The van der Waals surface area contributed by atoms with Crippen LogP contribution >= 0.6 is 0 Å². The number of hydrogen-bond donors (Lipinski definition) is 1. The van der Waals surface area contributed by atoms with Crippen LogP contribution in [0.2, 0.25) is 0 Å². The number of ether oxygens (including phenoxy) is 2. The molecule has 0 radical (unpaired) electrons. The molecule has 3 aromatic rings. The molecule has 0 saturated carbocycles. The number of hydrogen-bond acceptors (Lipinski definition) is 4. The number of phenolic OH excluding ortho intramolecular Hbond substituents is 1. The van der Waals surface area contributed by atoms with Crippen molar-refractivity contribution in [3.05, 3.63) is 91.0 Å². The van der Waals surface area contributed by atoms with Crippen molar-refractivity contribution in [3.63, 3.8) is 0 Å². The van der Waals surface area contributed by atoms with Crippen molar-refractivity contribution in [2.45, 2.75) is 0 Å². The molecule has 0 aliphatic heterocycles. The first-order valence-electron chi connectivity index (χ1n) is 8.12. The van der Waals surface area contributed by atoms with Crippen molar-refractivity contribution in [1.82, 2.24) is 0 Å². The van der Waals surface area contributed by atoms with Crippen LogP contribution in [-0.4, -0.2) is 17.7 Å². The first-order valence-corrected chi connectivity index (χ1v) is 8.12. The minimum absolute atomic E-state index is 0.115. The van der Waals surface area contributed by atoms with Gasteiger partial charge >= 0.3 is 5.97 Å². The van der Waals surface area contributed by atoms with Gasteiger partial charge in [0.15, 0.2) is 0 Å². The molecule has 0 unspecified atom stereocenters. The Kier molecular flexibility index (Phi) is 5.34. The maximum absolute atomic E-state index is 12.6. The number of esters is 1. The summed E-state index contributed by atoms with van der Waals surface area (Å²) in [5, 5.41) is 9.32. The van der Waals surface area contributed by atoms with E-state index >= 15 is 0 Å². The Morgan fingerprint density at radius 3 is 2.27 bits per heavy atom. The smallest absolute Gasteiger partial charge is 0.344 e. The molecule has 0 saturated heterocycles. The van der Waals surface area contributed by atoms with Gasteiger partial charge in [0.2, 0.25) is 0 Å². The Hall–Kier alpha value is -3.53. The lowest BCUT2D eigenvalue weighted by Gasteiger charge is -2.10. The van der Waals surface area contributed by atoms with Crippen molar-refractivity contribution < 1.29 is 19.4 Å². The molecule has 26 heavy (non-hydrogen) atoms. The summed E-state index contributed by atoms with van der Waals surface area (Å²) in [6.45, 7) is 4.06. The monoisotopic (exact) mass is 346 g/mol. The predicted molar refractivity (Wildman–Crippen MR) is 101 cm³/mol. The molecule has 4 nitrogen and oxygen atoms in total. The quantitative estimate of drug-likeness (QED) is 0.394. The fraction of sp³-hybridized carbons (Fsp3) is 0.0455. The van der Waals surface area contributed by atoms with Crippen LogP contribution in [0, 0.1) is 0 Å². The van der Waals surface area contributed by atoms with Gasteiger partial charge in [0.05, 0.1) is 5.56 Å². The van der Waals surface area contributed by atoms with Gasteiger partial charge in [-0.05, 0) is 53.6 Å². The van der Waals surface area contributed by atoms with Gasteiger partial charge in [-0.25, -0.2) is 4.79 Å². The molecule has 0 bridgehead atoms. The Balaban J connectivity index is 1.84. The lowest BCUT2D eigenvalue weighted by atomic mass is 10.00. The Bertz CT molecular complexity index is 896. The number of aromatic hydroxyl groups is 1. The molecule has 0 heterocycles. The highest BCUT2D eigenvalue weighted by atomic mass is 16.5. The van der Waals surface area contributed by atoms with Crippen LogP contribution in [-0.2, 0) is 0 Å². The van der Waals surface area contributed by atoms with Crippen molar-refractivity contribution >= 4 is 5.97 Å². The Morgan fingerprint density at radius 1 is 0.923 bits per heavy atom. The van der Waals surface area contributed by atoms with Gasteiger partial charge in [-0.15, -0.1) is 0 Å². The molecular weight excluding hydrogens is 328 g/mol. The van der Waals surface area contributed by atoms with Gasteiger partial charge in [0.25, 0.3) is 0 Å². The molecule has 3 rings (SSSR count). The van der Waals surface area contributed by atoms with E-state index in [0.717, 1.165) is 16.9 Å². The highest BCUT2D eigenvalue weighted by Gasteiger charge is 2.14. The lowest BCUT2D eigenvalue weighted by Crippen LogP contribution is -2.09. The van der Waals surface area contributed by atoms with Gasteiger partial charge in [0, 0.05) is 0 Å². The van der Waals surface area contributed by atoms with E-state index in [4.69, 9.17) is 9.47 Å². The third kappa shape index (κ3) is 4.11. The molecule has 130 valence electrons. The average Bonchev–Trinajstić information content (AvgIpc) is 2.68. The summed E-state index contributed by atoms with van der Waals surface area (Å²) < 4.78 is 10.9. The van der Waals surface area contributed by atoms with E-state index in [1.165, 1.54) is 12.1 Å². The van der Waals surface area contributed by atoms with Crippen molar-refractivity contribution in [2.24, 2.45) is 0 Å². The first kappa shape index (κ1) is 17.3. The summed E-state index contributed by atoms with van der Waals surface area (Å²) in [5.74, 6) is 0.760. The van der Waals surface area contributed by atoms with Crippen LogP contribution in [0.3, 0.4) is 0 Å². The fourth-order valence-corrected chi connectivity index (χ4v) is 2.47. The van der Waals surface area contributed by atoms with Crippen LogP contribution in [0.5, 0.6) is 17.2 Å². The van der Waals surface area contributed by atoms with Gasteiger partial charge in [-0.3, -0.25) is 0 Å². The molecule has 0 atom stereocenters. The second-order valence-electron chi connectivity index (χ2n) is 5.55. The molecule has 0 spiro atoms. The summed E-state index contributed by atoms with van der Waals surface area (Å²) in [6, 6.07) is 20.8. The molecule has 3 aromatic carbocycles. The summed E-state index contributed by atoms with van der Waals surface area (Å²) in [4.78, 5) is 12.6. The SMILES string of the molecule is C=CCOc1ccc(-c2ccccc2C(=O)Oc2ccc(O)cc2)cc1. The third-order valence-corrected chi connectivity index (χ3v) is 3.73. The molecule has 1 N–H and O–H groups in total. The zero-order valence-corrected chi connectivity index (χ0v) is 14.1. The van der Waals surface area contributed by atoms with E-state index in [1.54, 1.807) is 30.3 Å². The molecule has 0 fully saturated rings. The van der Waals surface area contributed by atoms with E-state index < -0.39 is 5.97 Å². The first-order chi connectivity index (χ1) is 12.7. The van der Waals surface area contributed by atoms with E-state index in [0.29, 0.717) is 17.9 Å². The van der Waals surface area contributed by atoms with Crippen molar-refractivity contribution in [1.29, 1.82) is 0 Å². The fourth-order valence-electron chi connectivity index (χ4n) is 2.47. The zero-order valence-electron chi connectivity index (χ0n) is 14.1. The Labute approximate surface area is 151 Å². The summed E-state index contributed by atoms with van der Waals surface area (Å²) in [6.07, 6.45) is 1.68. The second kappa shape index (κ2) is 8.03. The van der Waals surface area contributed by atoms with E-state index in [1.807, 2.05) is 36.4 Å². The number of carbonyl (C=O) groups is 1. The van der Waals surface area contributed by atoms with Crippen LogP contribution < -0.4 is 9.47 Å². The largest absolute Gasteiger partial charge is 0.508 e. The van der Waals surface area contributed by atoms with Crippen LogP contribution in [0.15, 0.2) is 85.5 Å². The number of benzene rings is 3.